The van der Waals surface area contributed by atoms with Crippen molar-refractivity contribution in [1.82, 2.24) is 34.7 Å². The van der Waals surface area contributed by atoms with Crippen molar-refractivity contribution < 1.29 is 8.78 Å². The fourth-order valence-corrected chi connectivity index (χ4v) is 4.50. The van der Waals surface area contributed by atoms with Crippen LogP contribution >= 0.6 is 0 Å². The molecular formula is C24H23F2N8. The smallest absolute Gasteiger partial charge is 0.229 e. The van der Waals surface area contributed by atoms with Gasteiger partial charge in [-0.2, -0.15) is 0 Å². The Bertz CT molecular complexity index is 1350. The quantitative estimate of drug-likeness (QED) is 0.472. The van der Waals surface area contributed by atoms with Crippen molar-refractivity contribution in [3.05, 3.63) is 66.2 Å². The Hall–Kier alpha value is -3.50. The Kier molecular flexibility index (Phi) is 5.39. The lowest BCUT2D eigenvalue weighted by atomic mass is 10.1. The number of pyridine rings is 1. The molecule has 8 nitrogen and oxygen atoms in total. The van der Waals surface area contributed by atoms with Crippen LogP contribution in [0.5, 0.6) is 0 Å². The fourth-order valence-electron chi connectivity index (χ4n) is 4.50. The van der Waals surface area contributed by atoms with Gasteiger partial charge in [0.15, 0.2) is 11.6 Å². The van der Waals surface area contributed by atoms with E-state index in [4.69, 9.17) is 0 Å². The van der Waals surface area contributed by atoms with Crippen molar-refractivity contribution in [2.24, 2.45) is 0 Å². The largest absolute Gasteiger partial charge is 0.323 e. The zero-order chi connectivity index (χ0) is 23.1. The second-order valence-corrected chi connectivity index (χ2v) is 8.54. The second kappa shape index (κ2) is 8.69. The average Bonchev–Trinajstić information content (AvgIpc) is 3.45. The molecule has 3 aromatic heterocycles. The highest BCUT2D eigenvalue weighted by atomic mass is 19.1. The number of aromatic nitrogens is 5. The van der Waals surface area contributed by atoms with Crippen LogP contribution in [0.3, 0.4) is 0 Å². The Morgan fingerprint density at radius 2 is 1.88 bits per heavy atom. The van der Waals surface area contributed by atoms with Gasteiger partial charge in [-0.15, -0.1) is 0 Å². The first-order chi connectivity index (χ1) is 16.6. The van der Waals surface area contributed by atoms with Crippen LogP contribution in [0.2, 0.25) is 0 Å². The molecule has 1 aromatic carbocycles. The normalized spacial score (nSPS) is 16.2. The summed E-state index contributed by atoms with van der Waals surface area (Å²) in [6, 6.07) is 6.83. The van der Waals surface area contributed by atoms with Crippen LogP contribution in [0.15, 0.2) is 36.7 Å². The number of nitrogens with one attached hydrogen (secondary N) is 2. The summed E-state index contributed by atoms with van der Waals surface area (Å²) in [7, 11) is 0. The number of aryl methyl sites for hydroxylation is 1. The summed E-state index contributed by atoms with van der Waals surface area (Å²) >= 11 is 0. The van der Waals surface area contributed by atoms with E-state index in [-0.39, 0.29) is 17.2 Å². The Balaban J connectivity index is 1.25. The number of halogens is 2. The summed E-state index contributed by atoms with van der Waals surface area (Å²) in [5.41, 5.74) is 2.35. The molecule has 10 heteroatoms. The Morgan fingerprint density at radius 1 is 1.00 bits per heavy atom. The molecule has 1 fully saturated rings. The molecule has 173 valence electrons. The number of benzene rings is 1. The predicted molar refractivity (Wildman–Crippen MR) is 124 cm³/mol. The number of imidazole rings is 1. The van der Waals surface area contributed by atoms with Gasteiger partial charge in [0.25, 0.3) is 0 Å². The lowest BCUT2D eigenvalue weighted by Gasteiger charge is -2.27. The van der Waals surface area contributed by atoms with Crippen molar-refractivity contribution in [2.45, 2.75) is 19.4 Å². The molecular weight excluding hydrogens is 438 g/mol. The Labute approximate surface area is 195 Å². The minimum absolute atomic E-state index is 0.0159. The molecule has 0 amide bonds. The summed E-state index contributed by atoms with van der Waals surface area (Å²) in [5, 5.41) is 6.36. The minimum atomic E-state index is -0.631. The molecule has 0 aliphatic carbocycles. The molecule has 0 saturated carbocycles. The van der Waals surface area contributed by atoms with Gasteiger partial charge in [-0.05, 0) is 30.2 Å². The molecule has 0 spiro atoms. The van der Waals surface area contributed by atoms with Crippen LogP contribution in [0.25, 0.3) is 22.3 Å². The van der Waals surface area contributed by atoms with E-state index >= 15 is 0 Å². The van der Waals surface area contributed by atoms with Crippen LogP contribution in [0.1, 0.15) is 17.8 Å². The summed E-state index contributed by atoms with van der Waals surface area (Å²) < 4.78 is 31.3. The molecule has 0 atom stereocenters. The van der Waals surface area contributed by atoms with Crippen LogP contribution in [-0.2, 0) is 13.0 Å². The van der Waals surface area contributed by atoms with Gasteiger partial charge in [-0.3, -0.25) is 4.90 Å². The average molecular weight is 462 g/mol. The first-order valence-electron chi connectivity index (χ1n) is 11.4. The maximum Gasteiger partial charge on any atom is 0.229 e. The van der Waals surface area contributed by atoms with Crippen molar-refractivity contribution in [3.8, 4) is 11.3 Å². The van der Waals surface area contributed by atoms with E-state index < -0.39 is 11.6 Å². The van der Waals surface area contributed by atoms with Crippen molar-refractivity contribution in [3.63, 3.8) is 0 Å². The Morgan fingerprint density at radius 3 is 2.71 bits per heavy atom. The van der Waals surface area contributed by atoms with E-state index in [1.54, 1.807) is 6.07 Å². The summed E-state index contributed by atoms with van der Waals surface area (Å²) in [6.07, 6.45) is 4.51. The molecule has 0 unspecified atom stereocenters. The predicted octanol–water partition coefficient (Wildman–Crippen LogP) is 3.27. The summed E-state index contributed by atoms with van der Waals surface area (Å²) in [6.45, 7) is 6.83. The first-order valence-corrected chi connectivity index (χ1v) is 11.4. The fraction of sp³-hybridized carbons (Fsp3) is 0.292. The third-order valence-corrected chi connectivity index (χ3v) is 6.20. The highest BCUT2D eigenvalue weighted by Gasteiger charge is 2.21. The maximum atomic E-state index is 14.8. The molecule has 2 aliphatic heterocycles. The topological polar surface area (TPSA) is 83.8 Å². The van der Waals surface area contributed by atoms with Gasteiger partial charge in [0, 0.05) is 50.9 Å². The van der Waals surface area contributed by atoms with E-state index in [0.29, 0.717) is 16.9 Å². The van der Waals surface area contributed by atoms with E-state index in [2.05, 4.69) is 35.5 Å². The lowest BCUT2D eigenvalue weighted by molar-refractivity contribution is 0.233. The van der Waals surface area contributed by atoms with Crippen LogP contribution in [0, 0.1) is 18.2 Å². The number of hydrogen-bond donors (Lipinski definition) is 2. The highest BCUT2D eigenvalue weighted by Crippen LogP contribution is 2.31. The standard InChI is InChI=1S/C24H23F2N8/c25-17-10-16(11-19-23(17)31-21-2-1-7-34(19)21)22-18(26)13-29-24(32-22)30-20-4-3-15(12-28-20)14-33-8-5-27-6-9-33/h3-4,7,10-13,27H,1-2,5-6,8-9,14H2,(H,28,29,30,32). The number of rotatable bonds is 5. The van der Waals surface area contributed by atoms with Crippen LogP contribution in [0.4, 0.5) is 20.5 Å². The lowest BCUT2D eigenvalue weighted by Crippen LogP contribution is -2.42. The van der Waals surface area contributed by atoms with Crippen LogP contribution in [-0.4, -0.2) is 55.6 Å². The van der Waals surface area contributed by atoms with E-state index in [9.17, 15) is 8.78 Å². The third-order valence-electron chi connectivity index (χ3n) is 6.20. The van der Waals surface area contributed by atoms with Crippen molar-refractivity contribution >= 4 is 22.8 Å². The van der Waals surface area contributed by atoms with Gasteiger partial charge in [0.1, 0.15) is 22.9 Å². The molecule has 2 N–H and O–H groups in total. The summed E-state index contributed by atoms with van der Waals surface area (Å²) in [4.78, 5) is 19.6. The summed E-state index contributed by atoms with van der Waals surface area (Å²) in [5.74, 6) is 0.407. The van der Waals surface area contributed by atoms with Crippen molar-refractivity contribution in [2.75, 3.05) is 31.5 Å². The second-order valence-electron chi connectivity index (χ2n) is 8.54. The third kappa shape index (κ3) is 3.99. The molecule has 0 bridgehead atoms. The molecule has 5 heterocycles. The van der Waals surface area contributed by atoms with E-state index in [1.165, 1.54) is 6.07 Å². The molecule has 1 radical (unpaired) electrons. The van der Waals surface area contributed by atoms with Gasteiger partial charge in [-0.25, -0.2) is 28.7 Å². The SMILES string of the molecule is Fc1cnc(Nc2ccc(CN3CCNCC3)cn2)nc1-c1cc(F)c2nc3n(c2c1)[CH]CC3. The number of nitrogens with zero attached hydrogens (tertiary/aromatic N) is 6. The van der Waals surface area contributed by atoms with E-state index in [0.717, 1.165) is 63.2 Å². The zero-order valence-corrected chi connectivity index (χ0v) is 18.4. The maximum absolute atomic E-state index is 14.8. The monoisotopic (exact) mass is 461 g/mol. The van der Waals surface area contributed by atoms with E-state index in [1.807, 2.05) is 29.4 Å². The van der Waals surface area contributed by atoms with Gasteiger partial charge in [0.05, 0.1) is 18.3 Å². The van der Waals surface area contributed by atoms with Gasteiger partial charge in [0.2, 0.25) is 5.95 Å². The molecule has 1 saturated heterocycles. The molecule has 4 aromatic rings. The molecule has 34 heavy (non-hydrogen) atoms. The van der Waals surface area contributed by atoms with Gasteiger partial charge < -0.3 is 15.2 Å². The molecule has 2 aliphatic rings. The molecule has 6 rings (SSSR count). The number of anilines is 2. The van der Waals surface area contributed by atoms with Gasteiger partial charge in [-0.1, -0.05) is 6.07 Å². The number of hydrogen-bond acceptors (Lipinski definition) is 7. The first kappa shape index (κ1) is 21.1. The highest BCUT2D eigenvalue weighted by molar-refractivity contribution is 5.83. The number of piperazine rings is 1. The zero-order valence-electron chi connectivity index (χ0n) is 18.4. The minimum Gasteiger partial charge on any atom is -0.323 e. The van der Waals surface area contributed by atoms with Crippen molar-refractivity contribution in [1.29, 1.82) is 0 Å². The van der Waals surface area contributed by atoms with Gasteiger partial charge >= 0.3 is 0 Å². The van der Waals surface area contributed by atoms with Crippen LogP contribution < -0.4 is 10.6 Å². The number of fused-ring (bicyclic) bond motifs is 3.